The smallest absolute Gasteiger partial charge is 0.152 e. The van der Waals surface area contributed by atoms with Gasteiger partial charge in [-0.05, 0) is 13.0 Å². The Balaban J connectivity index is 1.92. The Hall–Kier alpha value is -1.95. The third-order valence-corrected chi connectivity index (χ3v) is 3.46. The quantitative estimate of drug-likeness (QED) is 0.769. The Bertz CT molecular complexity index is 616. The van der Waals surface area contributed by atoms with Gasteiger partial charge in [0.15, 0.2) is 5.82 Å². The van der Waals surface area contributed by atoms with Crippen LogP contribution < -0.4 is 5.32 Å². The number of anilines is 1. The highest BCUT2D eigenvalue weighted by Crippen LogP contribution is 2.21. The van der Waals surface area contributed by atoms with Gasteiger partial charge in [0.25, 0.3) is 0 Å². The van der Waals surface area contributed by atoms with E-state index < -0.39 is 0 Å². The van der Waals surface area contributed by atoms with E-state index in [1.165, 1.54) is 0 Å². The summed E-state index contributed by atoms with van der Waals surface area (Å²) in [6.45, 7) is 2.07. The molecule has 0 aliphatic carbocycles. The van der Waals surface area contributed by atoms with E-state index in [-0.39, 0.29) is 6.04 Å². The highest BCUT2D eigenvalue weighted by atomic mass is 32.1. The second-order valence-corrected chi connectivity index (χ2v) is 4.60. The van der Waals surface area contributed by atoms with E-state index in [0.29, 0.717) is 0 Å². The molecule has 3 rings (SSSR count). The molecule has 1 unspecified atom stereocenters. The van der Waals surface area contributed by atoms with Crippen molar-refractivity contribution in [1.82, 2.24) is 19.6 Å². The number of aromatic nitrogens is 4. The van der Waals surface area contributed by atoms with E-state index >= 15 is 0 Å². The minimum absolute atomic E-state index is 0.142. The fourth-order valence-corrected chi connectivity index (χ4v) is 2.33. The summed E-state index contributed by atoms with van der Waals surface area (Å²) in [5.74, 6) is 0.827. The highest BCUT2D eigenvalue weighted by molar-refractivity contribution is 7.09. The number of fused-ring (bicyclic) bond motifs is 1. The zero-order valence-corrected chi connectivity index (χ0v) is 10.1. The van der Waals surface area contributed by atoms with Crippen LogP contribution in [0.15, 0.2) is 36.2 Å². The number of rotatable bonds is 3. The average Bonchev–Trinajstić information content (AvgIpc) is 3.00. The van der Waals surface area contributed by atoms with Gasteiger partial charge >= 0.3 is 0 Å². The lowest BCUT2D eigenvalue weighted by atomic mass is 10.3. The highest BCUT2D eigenvalue weighted by Gasteiger charge is 2.10. The van der Waals surface area contributed by atoms with Gasteiger partial charge in [-0.2, -0.15) is 5.10 Å². The molecule has 3 aromatic rings. The van der Waals surface area contributed by atoms with E-state index in [1.807, 2.05) is 23.8 Å². The van der Waals surface area contributed by atoms with Crippen molar-refractivity contribution in [2.75, 3.05) is 5.32 Å². The van der Waals surface area contributed by atoms with Crippen molar-refractivity contribution in [2.24, 2.45) is 0 Å². The molecule has 17 heavy (non-hydrogen) atoms. The summed E-state index contributed by atoms with van der Waals surface area (Å²) >= 11 is 1.63. The van der Waals surface area contributed by atoms with Gasteiger partial charge in [-0.1, -0.05) is 0 Å². The minimum Gasteiger partial charge on any atom is -0.359 e. The third kappa shape index (κ3) is 1.87. The summed E-state index contributed by atoms with van der Waals surface area (Å²) in [5.41, 5.74) is 0.968. The van der Waals surface area contributed by atoms with Crippen LogP contribution in [0.1, 0.15) is 18.0 Å². The summed E-state index contributed by atoms with van der Waals surface area (Å²) in [7, 11) is 0. The summed E-state index contributed by atoms with van der Waals surface area (Å²) in [6.07, 6.45) is 7.13. The van der Waals surface area contributed by atoms with Gasteiger partial charge in [-0.25, -0.2) is 14.5 Å². The normalized spacial score (nSPS) is 12.8. The molecule has 86 valence electrons. The molecule has 0 amide bonds. The lowest BCUT2D eigenvalue weighted by Crippen LogP contribution is -2.08. The van der Waals surface area contributed by atoms with Gasteiger partial charge < -0.3 is 5.32 Å². The monoisotopic (exact) mass is 245 g/mol. The molecule has 1 N–H and O–H groups in total. The van der Waals surface area contributed by atoms with Crippen molar-refractivity contribution in [3.8, 4) is 0 Å². The van der Waals surface area contributed by atoms with E-state index in [1.54, 1.807) is 28.2 Å². The predicted octanol–water partition coefficient (Wildman–Crippen LogP) is 2.36. The molecule has 3 aromatic heterocycles. The SMILES string of the molecule is CC(Nc1nccn2nccc12)c1nccs1. The Kier molecular flexibility index (Phi) is 2.49. The number of nitrogens with one attached hydrogen (secondary N) is 1. The number of hydrogen-bond acceptors (Lipinski definition) is 5. The number of hydrogen-bond donors (Lipinski definition) is 1. The van der Waals surface area contributed by atoms with Gasteiger partial charge in [0.2, 0.25) is 0 Å². The molecule has 0 aromatic carbocycles. The molecule has 0 radical (unpaired) electrons. The Labute approximate surface area is 102 Å². The molecule has 0 aliphatic heterocycles. The van der Waals surface area contributed by atoms with Crippen molar-refractivity contribution in [1.29, 1.82) is 0 Å². The first-order valence-electron chi connectivity index (χ1n) is 5.29. The summed E-state index contributed by atoms with van der Waals surface area (Å²) in [4.78, 5) is 8.62. The maximum atomic E-state index is 4.33. The molecule has 0 bridgehead atoms. The molecule has 0 fully saturated rings. The maximum Gasteiger partial charge on any atom is 0.152 e. The van der Waals surface area contributed by atoms with Gasteiger partial charge in [0.05, 0.1) is 12.2 Å². The molecule has 3 heterocycles. The van der Waals surface area contributed by atoms with E-state index in [0.717, 1.165) is 16.3 Å². The zero-order valence-electron chi connectivity index (χ0n) is 9.24. The van der Waals surface area contributed by atoms with Crippen molar-refractivity contribution in [2.45, 2.75) is 13.0 Å². The second-order valence-electron chi connectivity index (χ2n) is 3.67. The molecule has 1 atom stereocenters. The van der Waals surface area contributed by atoms with Crippen LogP contribution in [0, 0.1) is 0 Å². The van der Waals surface area contributed by atoms with Crippen molar-refractivity contribution >= 4 is 22.7 Å². The molecule has 0 spiro atoms. The van der Waals surface area contributed by atoms with Crippen molar-refractivity contribution < 1.29 is 0 Å². The molecule has 0 saturated heterocycles. The molecule has 0 saturated carbocycles. The van der Waals surface area contributed by atoms with Gasteiger partial charge in [-0.3, -0.25) is 0 Å². The standard InChI is InChI=1S/C11H11N5S/c1-8(11-13-5-7-17-11)15-10-9-2-3-14-16(9)6-4-12-10/h2-8H,1H3,(H,12,15). The average molecular weight is 245 g/mol. The topological polar surface area (TPSA) is 55.1 Å². The van der Waals surface area contributed by atoms with E-state index in [9.17, 15) is 0 Å². The fraction of sp³-hybridized carbons (Fsp3) is 0.182. The first-order valence-corrected chi connectivity index (χ1v) is 6.17. The molecule has 5 nitrogen and oxygen atoms in total. The van der Waals surface area contributed by atoms with Crippen LogP contribution in [-0.4, -0.2) is 19.6 Å². The van der Waals surface area contributed by atoms with Crippen molar-refractivity contribution in [3.63, 3.8) is 0 Å². The molecular formula is C11H11N5S. The first kappa shape index (κ1) is 10.2. The maximum absolute atomic E-state index is 4.33. The molecule has 0 aliphatic rings. The van der Waals surface area contributed by atoms with Crippen LogP contribution in [0.2, 0.25) is 0 Å². The largest absolute Gasteiger partial charge is 0.359 e. The lowest BCUT2D eigenvalue weighted by Gasteiger charge is -2.12. The first-order chi connectivity index (χ1) is 8.34. The van der Waals surface area contributed by atoms with Crippen LogP contribution in [0.3, 0.4) is 0 Å². The lowest BCUT2D eigenvalue weighted by molar-refractivity contribution is 0.855. The summed E-state index contributed by atoms with van der Waals surface area (Å²) < 4.78 is 1.80. The van der Waals surface area contributed by atoms with E-state index in [4.69, 9.17) is 0 Å². The fourth-order valence-electron chi connectivity index (χ4n) is 1.68. The minimum atomic E-state index is 0.142. The molecule has 6 heteroatoms. The Morgan fingerprint density at radius 2 is 2.24 bits per heavy atom. The van der Waals surface area contributed by atoms with Crippen LogP contribution >= 0.6 is 11.3 Å². The van der Waals surface area contributed by atoms with Gasteiger partial charge in [0, 0.05) is 24.0 Å². The predicted molar refractivity (Wildman–Crippen MR) is 67.1 cm³/mol. The van der Waals surface area contributed by atoms with Crippen LogP contribution in [0.25, 0.3) is 5.52 Å². The zero-order chi connectivity index (χ0) is 11.7. The second kappa shape index (κ2) is 4.14. The summed E-state index contributed by atoms with van der Waals surface area (Å²) in [6, 6.07) is 2.08. The van der Waals surface area contributed by atoms with Gasteiger partial charge in [-0.15, -0.1) is 11.3 Å². The van der Waals surface area contributed by atoms with E-state index in [2.05, 4.69) is 27.3 Å². The Morgan fingerprint density at radius 1 is 1.29 bits per heavy atom. The molecular weight excluding hydrogens is 234 g/mol. The number of nitrogens with zero attached hydrogens (tertiary/aromatic N) is 4. The van der Waals surface area contributed by atoms with Crippen molar-refractivity contribution in [3.05, 3.63) is 41.2 Å². The van der Waals surface area contributed by atoms with Gasteiger partial charge in [0.1, 0.15) is 10.5 Å². The van der Waals surface area contributed by atoms with Crippen LogP contribution in [-0.2, 0) is 0 Å². The summed E-state index contributed by atoms with van der Waals surface area (Å²) in [5, 5.41) is 10.5. The Morgan fingerprint density at radius 3 is 3.06 bits per heavy atom. The number of thiazole rings is 1. The van der Waals surface area contributed by atoms with Crippen LogP contribution in [0.4, 0.5) is 5.82 Å². The third-order valence-electron chi connectivity index (χ3n) is 2.50. The van der Waals surface area contributed by atoms with Crippen LogP contribution in [0.5, 0.6) is 0 Å².